The third kappa shape index (κ3) is 17.3. The Kier molecular flexibility index (Phi) is 17.0. The van der Waals surface area contributed by atoms with Gasteiger partial charge in [0.2, 0.25) is 5.91 Å². The molecule has 39 heavy (non-hydrogen) atoms. The van der Waals surface area contributed by atoms with E-state index in [1.807, 2.05) is 56.4 Å². The van der Waals surface area contributed by atoms with Crippen LogP contribution in [-0.2, 0) is 23.9 Å². The van der Waals surface area contributed by atoms with Crippen molar-refractivity contribution in [1.29, 1.82) is 0 Å². The van der Waals surface area contributed by atoms with Gasteiger partial charge in [-0.25, -0.2) is 0 Å². The van der Waals surface area contributed by atoms with E-state index in [1.54, 1.807) is 36.5 Å². The van der Waals surface area contributed by atoms with E-state index in [-0.39, 0.29) is 11.9 Å². The van der Waals surface area contributed by atoms with Gasteiger partial charge >= 0.3 is 11.9 Å². The van der Waals surface area contributed by atoms with Crippen molar-refractivity contribution >= 4 is 17.8 Å². The zero-order chi connectivity index (χ0) is 28.9. The SMILES string of the molecule is CCC/C=C/C=C/C[C@@H]1C/C=C/C=C(C)/C=C/C=C\[C@H](OC(C)=O)[C@H](OC(C)=O)/C=C(C)/C=C/C=C/C(=O)N1. The normalized spacial score (nSPS) is 28.2. The van der Waals surface area contributed by atoms with Gasteiger partial charge in [0, 0.05) is 26.0 Å². The minimum Gasteiger partial charge on any atom is -0.454 e. The van der Waals surface area contributed by atoms with Gasteiger partial charge < -0.3 is 14.8 Å². The summed E-state index contributed by atoms with van der Waals surface area (Å²) in [6, 6.07) is -0.0414. The van der Waals surface area contributed by atoms with E-state index in [9.17, 15) is 14.4 Å². The van der Waals surface area contributed by atoms with Crippen LogP contribution < -0.4 is 5.32 Å². The number of ether oxygens (including phenoxy) is 2. The number of rotatable bonds is 7. The molecule has 0 aromatic rings. The summed E-state index contributed by atoms with van der Waals surface area (Å²) in [4.78, 5) is 36.0. The first kappa shape index (κ1) is 33.1. The Morgan fingerprint density at radius 2 is 1.54 bits per heavy atom. The predicted octanol–water partition coefficient (Wildman–Crippen LogP) is 6.71. The molecule has 6 nitrogen and oxygen atoms in total. The quantitative estimate of drug-likeness (QED) is 0.290. The monoisotopic (exact) mass is 533 g/mol. The van der Waals surface area contributed by atoms with Crippen LogP contribution in [-0.4, -0.2) is 36.1 Å². The topological polar surface area (TPSA) is 81.7 Å². The van der Waals surface area contributed by atoms with E-state index >= 15 is 0 Å². The summed E-state index contributed by atoms with van der Waals surface area (Å²) in [6.07, 6.45) is 31.8. The van der Waals surface area contributed by atoms with Crippen LogP contribution >= 0.6 is 0 Å². The number of carbonyl (C=O) groups is 3. The molecule has 1 aliphatic heterocycles. The minimum atomic E-state index is -0.816. The molecular weight excluding hydrogens is 490 g/mol. The number of amides is 1. The molecule has 0 aromatic carbocycles. The molecule has 6 heteroatoms. The van der Waals surface area contributed by atoms with Gasteiger partial charge in [-0.05, 0) is 45.3 Å². The van der Waals surface area contributed by atoms with Crippen molar-refractivity contribution in [3.05, 3.63) is 108 Å². The van der Waals surface area contributed by atoms with Gasteiger partial charge in [-0.1, -0.05) is 103 Å². The molecule has 0 aliphatic carbocycles. The van der Waals surface area contributed by atoms with E-state index in [0.29, 0.717) is 12.8 Å². The molecule has 1 rings (SSSR count). The maximum atomic E-state index is 12.6. The highest BCUT2D eigenvalue weighted by Crippen LogP contribution is 2.13. The van der Waals surface area contributed by atoms with Gasteiger partial charge in [0.1, 0.15) is 0 Å². The van der Waals surface area contributed by atoms with E-state index in [1.165, 1.54) is 19.9 Å². The minimum absolute atomic E-state index is 0.0414. The average molecular weight is 534 g/mol. The average Bonchev–Trinajstić information content (AvgIpc) is 2.86. The van der Waals surface area contributed by atoms with Gasteiger partial charge in [0.05, 0.1) is 0 Å². The Balaban J connectivity index is 3.24. The zero-order valence-electron chi connectivity index (χ0n) is 23.8. The fourth-order valence-electron chi connectivity index (χ4n) is 3.49. The Labute approximate surface area is 233 Å². The Morgan fingerprint density at radius 3 is 2.26 bits per heavy atom. The maximum Gasteiger partial charge on any atom is 0.303 e. The first-order valence-corrected chi connectivity index (χ1v) is 13.4. The second-order valence-electron chi connectivity index (χ2n) is 9.18. The molecule has 1 N–H and O–H groups in total. The van der Waals surface area contributed by atoms with E-state index in [4.69, 9.17) is 9.47 Å². The molecule has 0 unspecified atom stereocenters. The summed E-state index contributed by atoms with van der Waals surface area (Å²) in [5, 5.41) is 3.07. The maximum absolute atomic E-state index is 12.6. The number of esters is 2. The van der Waals surface area contributed by atoms with E-state index in [2.05, 4.69) is 24.4 Å². The van der Waals surface area contributed by atoms with Gasteiger partial charge in [0.25, 0.3) is 0 Å². The van der Waals surface area contributed by atoms with Crippen molar-refractivity contribution in [3.8, 4) is 0 Å². The fourth-order valence-corrected chi connectivity index (χ4v) is 3.49. The van der Waals surface area contributed by atoms with Crippen LogP contribution in [0.5, 0.6) is 0 Å². The Morgan fingerprint density at radius 1 is 0.897 bits per heavy atom. The van der Waals surface area contributed by atoms with Crippen LogP contribution in [0.2, 0.25) is 0 Å². The zero-order valence-corrected chi connectivity index (χ0v) is 23.8. The van der Waals surface area contributed by atoms with Crippen molar-refractivity contribution in [2.24, 2.45) is 0 Å². The van der Waals surface area contributed by atoms with Crippen molar-refractivity contribution < 1.29 is 23.9 Å². The van der Waals surface area contributed by atoms with Crippen molar-refractivity contribution in [3.63, 3.8) is 0 Å². The molecule has 210 valence electrons. The van der Waals surface area contributed by atoms with Gasteiger partial charge in [0.15, 0.2) is 12.2 Å². The van der Waals surface area contributed by atoms with E-state index < -0.39 is 24.1 Å². The lowest BCUT2D eigenvalue weighted by molar-refractivity contribution is -0.158. The number of carbonyl (C=O) groups excluding carboxylic acids is 3. The van der Waals surface area contributed by atoms with Crippen LogP contribution in [0, 0.1) is 0 Å². The summed E-state index contributed by atoms with van der Waals surface area (Å²) >= 11 is 0. The Bertz CT molecular complexity index is 1070. The molecule has 0 aromatic heterocycles. The molecule has 0 bridgehead atoms. The van der Waals surface area contributed by atoms with Crippen molar-refractivity contribution in [1.82, 2.24) is 5.32 Å². The van der Waals surface area contributed by atoms with Crippen LogP contribution in [0.15, 0.2) is 108 Å². The molecule has 3 atom stereocenters. The lowest BCUT2D eigenvalue weighted by Crippen LogP contribution is -2.32. The first-order chi connectivity index (χ1) is 18.7. The molecule has 0 saturated heterocycles. The highest BCUT2D eigenvalue weighted by molar-refractivity contribution is 5.88. The highest BCUT2D eigenvalue weighted by atomic mass is 16.6. The van der Waals surface area contributed by atoms with Crippen molar-refractivity contribution in [2.45, 2.75) is 78.6 Å². The third-order valence-electron chi connectivity index (χ3n) is 5.37. The van der Waals surface area contributed by atoms with Crippen LogP contribution in [0.4, 0.5) is 0 Å². The summed E-state index contributed by atoms with van der Waals surface area (Å²) in [7, 11) is 0. The molecule has 0 radical (unpaired) electrons. The summed E-state index contributed by atoms with van der Waals surface area (Å²) in [6.45, 7) is 8.56. The number of allylic oxidation sites excluding steroid dienone is 13. The van der Waals surface area contributed by atoms with Crippen molar-refractivity contribution in [2.75, 3.05) is 0 Å². The predicted molar refractivity (Wildman–Crippen MR) is 159 cm³/mol. The largest absolute Gasteiger partial charge is 0.454 e. The van der Waals surface area contributed by atoms with Gasteiger partial charge in [-0.2, -0.15) is 0 Å². The van der Waals surface area contributed by atoms with Crippen LogP contribution in [0.25, 0.3) is 0 Å². The Hall–Kier alpha value is -3.93. The second-order valence-corrected chi connectivity index (χ2v) is 9.18. The van der Waals surface area contributed by atoms with E-state index in [0.717, 1.165) is 24.0 Å². The molecular formula is C33H43NO5. The molecule has 0 spiro atoms. The van der Waals surface area contributed by atoms with Crippen LogP contribution in [0.1, 0.15) is 60.3 Å². The second kappa shape index (κ2) is 20.1. The number of nitrogens with one attached hydrogen (secondary N) is 1. The number of unbranched alkanes of at least 4 members (excludes halogenated alkanes) is 1. The van der Waals surface area contributed by atoms with Gasteiger partial charge in [-0.3, -0.25) is 14.4 Å². The lowest BCUT2D eigenvalue weighted by Gasteiger charge is -2.22. The van der Waals surface area contributed by atoms with Gasteiger partial charge in [-0.15, -0.1) is 0 Å². The highest BCUT2D eigenvalue weighted by Gasteiger charge is 2.23. The third-order valence-corrected chi connectivity index (χ3v) is 5.37. The summed E-state index contributed by atoms with van der Waals surface area (Å²) in [5.74, 6) is -1.16. The summed E-state index contributed by atoms with van der Waals surface area (Å²) < 4.78 is 10.9. The molecule has 1 heterocycles. The molecule has 0 saturated carbocycles. The smallest absolute Gasteiger partial charge is 0.303 e. The first-order valence-electron chi connectivity index (χ1n) is 13.4. The molecule has 1 aliphatic rings. The molecule has 0 fully saturated rings. The fraction of sp³-hybridized carbons (Fsp3) is 0.364. The summed E-state index contributed by atoms with van der Waals surface area (Å²) in [5.41, 5.74) is 1.78. The lowest BCUT2D eigenvalue weighted by atomic mass is 10.1. The van der Waals surface area contributed by atoms with Crippen LogP contribution in [0.3, 0.4) is 0 Å². The number of hydrogen-bond donors (Lipinski definition) is 1. The standard InChI is InChI=1S/C33H43NO5/c1-6-7-8-9-10-11-21-30-22-15-12-18-26(2)19-13-16-23-31(38-28(4)35)32(39-29(5)36)25-27(3)20-14-17-24-33(37)34-30/h8-20,23-25,30-32H,6-7,21-22H2,1-5H3,(H,34,37)/b9-8+,11-10+,15-12+,19-13+,20-14+,23-16-,24-17+,26-18+,27-25+/t30-,31+,32-/m1/s1. The molecule has 1 amide bonds. The number of hydrogen-bond acceptors (Lipinski definition) is 5.